The Labute approximate surface area is 195 Å². The largest absolute Gasteiger partial charge is 0.493 e. The molecule has 7 heteroatoms. The van der Waals surface area contributed by atoms with Gasteiger partial charge in [0.2, 0.25) is 5.91 Å². The number of methoxy groups -OCH3 is 1. The van der Waals surface area contributed by atoms with Crippen LogP contribution >= 0.6 is 11.6 Å². The molecular formula is C25H31ClN2O4. The number of rotatable bonds is 8. The van der Waals surface area contributed by atoms with Crippen molar-refractivity contribution in [2.45, 2.75) is 26.5 Å². The van der Waals surface area contributed by atoms with E-state index in [-0.39, 0.29) is 12.0 Å². The van der Waals surface area contributed by atoms with Gasteiger partial charge in [0.25, 0.3) is 0 Å². The molecule has 6 nitrogen and oxygen atoms in total. The van der Waals surface area contributed by atoms with Crippen molar-refractivity contribution in [3.63, 3.8) is 0 Å². The van der Waals surface area contributed by atoms with E-state index >= 15 is 0 Å². The number of ether oxygens (including phenoxy) is 3. The monoisotopic (exact) mass is 458 g/mol. The fourth-order valence-corrected chi connectivity index (χ4v) is 3.73. The normalized spacial score (nSPS) is 14.1. The molecule has 0 aromatic heterocycles. The SMILES string of the molecule is COc1cc(/C=C/C(=O)N(C)Cc2ccc(N3CCOCC3)cc2)cc(Cl)c1OC(C)C. The van der Waals surface area contributed by atoms with E-state index in [1.165, 1.54) is 11.8 Å². The predicted molar refractivity (Wildman–Crippen MR) is 129 cm³/mol. The molecule has 0 atom stereocenters. The molecule has 172 valence electrons. The third-order valence-electron chi connectivity index (χ3n) is 5.13. The standard InChI is InChI=1S/C25H31ClN2O4/c1-18(2)32-25-22(26)15-20(16-23(25)30-4)7-10-24(29)27(3)17-19-5-8-21(9-6-19)28-11-13-31-14-12-28/h5-10,15-16,18H,11-14,17H2,1-4H3/b10-7+. The summed E-state index contributed by atoms with van der Waals surface area (Å²) in [6.07, 6.45) is 3.24. The van der Waals surface area contributed by atoms with Gasteiger partial charge in [-0.3, -0.25) is 4.79 Å². The molecule has 1 fully saturated rings. The van der Waals surface area contributed by atoms with Crippen LogP contribution in [-0.2, 0) is 16.1 Å². The molecule has 0 aliphatic carbocycles. The number of anilines is 1. The average molecular weight is 459 g/mol. The Bertz CT molecular complexity index is 938. The highest BCUT2D eigenvalue weighted by atomic mass is 35.5. The van der Waals surface area contributed by atoms with Gasteiger partial charge >= 0.3 is 0 Å². The van der Waals surface area contributed by atoms with E-state index in [9.17, 15) is 4.79 Å². The number of likely N-dealkylation sites (N-methyl/N-ethyl adjacent to an activating group) is 1. The molecule has 0 saturated carbocycles. The van der Waals surface area contributed by atoms with Crippen molar-refractivity contribution in [3.05, 3.63) is 58.6 Å². The summed E-state index contributed by atoms with van der Waals surface area (Å²) in [7, 11) is 3.35. The van der Waals surface area contributed by atoms with Crippen LogP contribution < -0.4 is 14.4 Å². The van der Waals surface area contributed by atoms with Gasteiger partial charge in [0.15, 0.2) is 11.5 Å². The van der Waals surface area contributed by atoms with Crippen molar-refractivity contribution in [3.8, 4) is 11.5 Å². The zero-order valence-electron chi connectivity index (χ0n) is 19.1. The zero-order chi connectivity index (χ0) is 23.1. The maximum atomic E-state index is 12.6. The first-order chi connectivity index (χ1) is 15.4. The lowest BCUT2D eigenvalue weighted by Gasteiger charge is -2.29. The number of carbonyl (C=O) groups is 1. The van der Waals surface area contributed by atoms with E-state index in [1.807, 2.05) is 13.8 Å². The van der Waals surface area contributed by atoms with Crippen molar-refractivity contribution in [1.29, 1.82) is 0 Å². The highest BCUT2D eigenvalue weighted by Crippen LogP contribution is 2.37. The minimum Gasteiger partial charge on any atom is -0.493 e. The zero-order valence-corrected chi connectivity index (χ0v) is 19.9. The smallest absolute Gasteiger partial charge is 0.246 e. The lowest BCUT2D eigenvalue weighted by atomic mass is 10.1. The number of hydrogen-bond donors (Lipinski definition) is 0. The maximum absolute atomic E-state index is 12.6. The molecule has 2 aromatic rings. The lowest BCUT2D eigenvalue weighted by Crippen LogP contribution is -2.36. The quantitative estimate of drug-likeness (QED) is 0.539. The van der Waals surface area contributed by atoms with Gasteiger partial charge < -0.3 is 24.0 Å². The fraction of sp³-hybridized carbons (Fsp3) is 0.400. The number of amides is 1. The van der Waals surface area contributed by atoms with Gasteiger partial charge in [-0.2, -0.15) is 0 Å². The first kappa shape index (κ1) is 24.0. The molecule has 32 heavy (non-hydrogen) atoms. The van der Waals surface area contributed by atoms with E-state index < -0.39 is 0 Å². The Morgan fingerprint density at radius 2 is 1.91 bits per heavy atom. The molecule has 1 aliphatic rings. The topological polar surface area (TPSA) is 51.2 Å². The number of benzene rings is 2. The van der Waals surface area contributed by atoms with E-state index in [0.29, 0.717) is 23.1 Å². The maximum Gasteiger partial charge on any atom is 0.246 e. The second-order valence-electron chi connectivity index (χ2n) is 7.99. The highest BCUT2D eigenvalue weighted by Gasteiger charge is 2.14. The predicted octanol–water partition coefficient (Wildman–Crippen LogP) is 4.64. The molecule has 1 aliphatic heterocycles. The molecule has 1 saturated heterocycles. The Hall–Kier alpha value is -2.70. The summed E-state index contributed by atoms with van der Waals surface area (Å²) < 4.78 is 16.5. The summed E-state index contributed by atoms with van der Waals surface area (Å²) in [5, 5.41) is 0.443. The van der Waals surface area contributed by atoms with E-state index in [2.05, 4.69) is 29.2 Å². The molecular weight excluding hydrogens is 428 g/mol. The summed E-state index contributed by atoms with van der Waals surface area (Å²) >= 11 is 6.37. The second kappa shape index (κ2) is 11.2. The van der Waals surface area contributed by atoms with Gasteiger partial charge in [0.1, 0.15) is 0 Å². The van der Waals surface area contributed by atoms with Crippen molar-refractivity contribution in [2.75, 3.05) is 45.4 Å². The second-order valence-corrected chi connectivity index (χ2v) is 8.40. The minimum absolute atomic E-state index is 0.0269. The lowest BCUT2D eigenvalue weighted by molar-refractivity contribution is -0.125. The summed E-state index contributed by atoms with van der Waals surface area (Å²) in [6, 6.07) is 11.9. The molecule has 0 spiro atoms. The molecule has 0 N–H and O–H groups in total. The molecule has 0 unspecified atom stereocenters. The molecule has 1 heterocycles. The third kappa shape index (κ3) is 6.40. The molecule has 0 radical (unpaired) electrons. The number of carbonyl (C=O) groups excluding carboxylic acids is 1. The van der Waals surface area contributed by atoms with Crippen LogP contribution in [0.25, 0.3) is 6.08 Å². The molecule has 2 aromatic carbocycles. The minimum atomic E-state index is -0.0974. The Balaban J connectivity index is 1.62. The highest BCUT2D eigenvalue weighted by molar-refractivity contribution is 6.32. The number of morpholine rings is 1. The fourth-order valence-electron chi connectivity index (χ4n) is 3.47. The van der Waals surface area contributed by atoms with E-state index in [4.69, 9.17) is 25.8 Å². The Morgan fingerprint density at radius 3 is 2.53 bits per heavy atom. The summed E-state index contributed by atoms with van der Waals surface area (Å²) in [4.78, 5) is 16.6. The van der Waals surface area contributed by atoms with Gasteiger partial charge in [-0.25, -0.2) is 0 Å². The van der Waals surface area contributed by atoms with Crippen molar-refractivity contribution < 1.29 is 19.0 Å². The number of hydrogen-bond acceptors (Lipinski definition) is 5. The van der Waals surface area contributed by atoms with Crippen LogP contribution in [0.3, 0.4) is 0 Å². The van der Waals surface area contributed by atoms with Crippen molar-refractivity contribution in [2.24, 2.45) is 0 Å². The number of halogens is 1. The summed E-state index contributed by atoms with van der Waals surface area (Å²) in [6.45, 7) is 7.70. The van der Waals surface area contributed by atoms with Gasteiger partial charge in [0.05, 0.1) is 31.5 Å². The molecule has 1 amide bonds. The van der Waals surface area contributed by atoms with Crippen LogP contribution in [0.2, 0.25) is 5.02 Å². The van der Waals surface area contributed by atoms with Gasteiger partial charge in [-0.15, -0.1) is 0 Å². The van der Waals surface area contributed by atoms with E-state index in [1.54, 1.807) is 37.3 Å². The van der Waals surface area contributed by atoms with Crippen LogP contribution in [0.15, 0.2) is 42.5 Å². The first-order valence-corrected chi connectivity index (χ1v) is 11.1. The summed E-state index contributed by atoms with van der Waals surface area (Å²) in [5.41, 5.74) is 3.02. The third-order valence-corrected chi connectivity index (χ3v) is 5.41. The van der Waals surface area contributed by atoms with E-state index in [0.717, 1.165) is 37.4 Å². The molecule has 3 rings (SSSR count). The van der Waals surface area contributed by atoms with Crippen LogP contribution in [0, 0.1) is 0 Å². The van der Waals surface area contributed by atoms with Gasteiger partial charge in [-0.05, 0) is 55.3 Å². The Kier molecular flexibility index (Phi) is 8.42. The van der Waals surface area contributed by atoms with Crippen molar-refractivity contribution in [1.82, 2.24) is 4.90 Å². The Morgan fingerprint density at radius 1 is 1.22 bits per heavy atom. The number of nitrogens with zero attached hydrogens (tertiary/aromatic N) is 2. The van der Waals surface area contributed by atoms with Gasteiger partial charge in [-0.1, -0.05) is 23.7 Å². The van der Waals surface area contributed by atoms with Crippen molar-refractivity contribution >= 4 is 29.3 Å². The first-order valence-electron chi connectivity index (χ1n) is 10.8. The van der Waals surface area contributed by atoms with Crippen LogP contribution in [0.5, 0.6) is 11.5 Å². The average Bonchev–Trinajstić information content (AvgIpc) is 2.79. The summed E-state index contributed by atoms with van der Waals surface area (Å²) in [5.74, 6) is 0.942. The van der Waals surface area contributed by atoms with Crippen LogP contribution in [0.1, 0.15) is 25.0 Å². The van der Waals surface area contributed by atoms with Crippen LogP contribution in [0.4, 0.5) is 5.69 Å². The van der Waals surface area contributed by atoms with Crippen LogP contribution in [-0.4, -0.2) is 57.4 Å². The molecule has 0 bridgehead atoms. The van der Waals surface area contributed by atoms with Gasteiger partial charge in [0, 0.05) is 38.4 Å².